The Morgan fingerprint density at radius 1 is 1.15 bits per heavy atom. The van der Waals surface area contributed by atoms with Crippen molar-refractivity contribution in [3.05, 3.63) is 0 Å². The van der Waals surface area contributed by atoms with E-state index in [1.54, 1.807) is 4.58 Å². The van der Waals surface area contributed by atoms with E-state index < -0.39 is 8.07 Å². The summed E-state index contributed by atoms with van der Waals surface area (Å²) >= 11 is 6.89. The van der Waals surface area contributed by atoms with Gasteiger partial charge in [-0.05, 0) is 17.8 Å². The second-order valence-electron chi connectivity index (χ2n) is 6.74. The quantitative estimate of drug-likeness (QED) is 0.152. The molecule has 6 nitrogen and oxygen atoms in total. The van der Waals surface area contributed by atoms with Gasteiger partial charge in [-0.15, -0.1) is 4.58 Å². The molecule has 2 heterocycles. The van der Waals surface area contributed by atoms with Crippen LogP contribution >= 0.6 is 62.5 Å². The molecule has 2 rings (SSSR count). The van der Waals surface area contributed by atoms with Gasteiger partial charge in [0.25, 0.3) is 0 Å². The third kappa shape index (κ3) is 13.3. The van der Waals surface area contributed by atoms with Crippen LogP contribution in [-0.2, 0) is 18.9 Å². The molecule has 1 saturated heterocycles. The number of likely N-dealkylation sites (tertiary alicyclic amines) is 1. The second kappa shape index (κ2) is 18.2. The molecule has 0 N–H and O–H groups in total. The number of carbonyl (C=O) groups is 2. The zero-order chi connectivity index (χ0) is 21.5. The number of halogens is 3. The second-order valence-corrected chi connectivity index (χ2v) is 23.9. The van der Waals surface area contributed by atoms with E-state index in [1.165, 1.54) is 14.2 Å². The summed E-state index contributed by atoms with van der Waals surface area (Å²) in [5.74, 6) is 0. The molecule has 0 spiro atoms. The van der Waals surface area contributed by atoms with Crippen LogP contribution in [0.3, 0.4) is 0 Å². The van der Waals surface area contributed by atoms with Crippen molar-refractivity contribution in [3.8, 4) is 0 Å². The van der Waals surface area contributed by atoms with Crippen molar-refractivity contribution in [1.29, 1.82) is 0 Å². The molecule has 0 aliphatic carbocycles. The van der Waals surface area contributed by atoms with Crippen molar-refractivity contribution in [2.75, 3.05) is 32.2 Å². The molecule has 11 heteroatoms. The number of methoxy groups -OCH3 is 2. The van der Waals surface area contributed by atoms with Gasteiger partial charge in [0, 0.05) is 25.1 Å². The first-order chi connectivity index (χ1) is 12.7. The molecule has 0 saturated carbocycles. The van der Waals surface area contributed by atoms with Crippen LogP contribution in [0.4, 0.5) is 9.59 Å². The Bertz CT molecular complexity index is 465. The maximum absolute atomic E-state index is 11.4. The molecule has 2 aliphatic rings. The van der Waals surface area contributed by atoms with Crippen LogP contribution in [0, 0.1) is 0 Å². The van der Waals surface area contributed by atoms with Gasteiger partial charge in [-0.3, -0.25) is 0 Å². The number of hydrogen-bond donors (Lipinski definition) is 0. The van der Waals surface area contributed by atoms with Gasteiger partial charge in [0.05, 0.1) is 22.3 Å². The van der Waals surface area contributed by atoms with E-state index in [1.807, 2.05) is 16.0 Å². The van der Waals surface area contributed by atoms with Crippen molar-refractivity contribution in [3.63, 3.8) is 0 Å². The fourth-order valence-electron chi connectivity index (χ4n) is 2.89. The van der Waals surface area contributed by atoms with Crippen LogP contribution in [0.2, 0.25) is 19.6 Å². The number of carbonyl (C=O) groups excluding carboxylic acids is 2. The Labute approximate surface area is 207 Å². The van der Waals surface area contributed by atoms with Crippen molar-refractivity contribution < 1.29 is 33.1 Å². The summed E-state index contributed by atoms with van der Waals surface area (Å²) in [7, 11) is 2.24. The van der Waals surface area contributed by atoms with E-state index in [4.69, 9.17) is 4.74 Å². The van der Waals surface area contributed by atoms with Crippen LogP contribution in [0.15, 0.2) is 0 Å². The van der Waals surface area contributed by atoms with Gasteiger partial charge in [-0.1, -0.05) is 42.2 Å². The molecule has 1 unspecified atom stereocenters. The molecule has 0 bridgehead atoms. The molecule has 0 aromatic heterocycles. The molecule has 27 heavy (non-hydrogen) atoms. The fourth-order valence-corrected chi connectivity index (χ4v) is 5.13. The zero-order valence-electron chi connectivity index (χ0n) is 17.0. The summed E-state index contributed by atoms with van der Waals surface area (Å²) in [6, 6.07) is 0. The van der Waals surface area contributed by atoms with Crippen molar-refractivity contribution in [2.24, 2.45) is 0 Å². The average molecular weight is 776 g/mol. The molecule has 2 amide bonds. The SMILES string of the molecule is CI.COC(=O)N1CCCC1[Si](C)(C)C.COC(=O)[N+]1=CCCC1.[I][V][I]. The molecule has 159 valence electrons. The molecule has 1 atom stereocenters. The van der Waals surface area contributed by atoms with Crippen LogP contribution in [0.25, 0.3) is 0 Å². The van der Waals surface area contributed by atoms with Crippen LogP contribution in [-0.4, -0.2) is 73.9 Å². The Hall–Kier alpha value is 1.40. The van der Waals surface area contributed by atoms with Gasteiger partial charge >= 0.3 is 61.6 Å². The van der Waals surface area contributed by atoms with Crippen molar-refractivity contribution in [1.82, 2.24) is 4.90 Å². The van der Waals surface area contributed by atoms with Gasteiger partial charge in [0.1, 0.15) is 0 Å². The monoisotopic (exact) mass is 776 g/mol. The van der Waals surface area contributed by atoms with Crippen LogP contribution in [0.1, 0.15) is 25.7 Å². The number of rotatable bonds is 1. The maximum atomic E-state index is 11.4. The summed E-state index contributed by atoms with van der Waals surface area (Å²) in [5.41, 5.74) is 0.472. The van der Waals surface area contributed by atoms with Crippen LogP contribution in [0.5, 0.6) is 0 Å². The Balaban J connectivity index is 0. The third-order valence-corrected chi connectivity index (χ3v) is 6.62. The first-order valence-electron chi connectivity index (χ1n) is 8.55. The van der Waals surface area contributed by atoms with Crippen molar-refractivity contribution >= 4 is 89.0 Å². The first-order valence-corrected chi connectivity index (χ1v) is 23.3. The van der Waals surface area contributed by atoms with E-state index in [0.717, 1.165) is 38.8 Å². The van der Waals surface area contributed by atoms with Crippen molar-refractivity contribution in [2.45, 2.75) is 51.0 Å². The zero-order valence-corrected chi connectivity index (χ0v) is 25.9. The molecule has 0 aromatic carbocycles. The van der Waals surface area contributed by atoms with Gasteiger partial charge in [0.15, 0.2) is 12.8 Å². The summed E-state index contributed by atoms with van der Waals surface area (Å²) in [6.07, 6.45) is 5.82. The van der Waals surface area contributed by atoms with Crippen LogP contribution < -0.4 is 0 Å². The third-order valence-electron chi connectivity index (χ3n) is 4.02. The minimum absolute atomic E-state index is 0.148. The summed E-state index contributed by atoms with van der Waals surface area (Å²) in [5, 5.41) is 0. The number of ether oxygens (including phenoxy) is 2. The summed E-state index contributed by atoms with van der Waals surface area (Å²) in [4.78, 5) is 26.0. The number of amides is 2. The standard InChI is InChI=1S/C9H19NO2Si.C6H10NO2.CH3I.2HI.V/c1-12-9(11)10-7-5-6-8(10)13(2,3)4;1-9-6(8)7-4-2-3-5-7;1-2;;;/h8H,5-7H2,1-4H3;4H,2-3,5H2,1H3;1H3;2*1H;/q;+1;;;;+2/p-2. The summed E-state index contributed by atoms with van der Waals surface area (Å²) < 4.78 is 10.9. The molecule has 2 aliphatic heterocycles. The van der Waals surface area contributed by atoms with E-state index in [9.17, 15) is 9.59 Å². The van der Waals surface area contributed by atoms with Gasteiger partial charge in [-0.25, -0.2) is 4.79 Å². The number of hydrogen-bond acceptors (Lipinski definition) is 4. The predicted molar refractivity (Wildman–Crippen MR) is 136 cm³/mol. The molecule has 0 aromatic rings. The Kier molecular flexibility index (Phi) is 20.6. The number of alkyl halides is 1. The van der Waals surface area contributed by atoms with E-state index in [0.29, 0.717) is 15.1 Å². The first kappa shape index (κ1) is 30.6. The minimum atomic E-state index is -1.24. The molecular weight excluding hydrogens is 744 g/mol. The topological polar surface area (TPSA) is 58.8 Å². The molecule has 1 fully saturated rings. The molecule has 0 radical (unpaired) electrons. The fraction of sp³-hybridized carbons (Fsp3) is 0.812. The Morgan fingerprint density at radius 2 is 1.70 bits per heavy atom. The number of nitrogens with zero attached hydrogens (tertiary/aromatic N) is 2. The van der Waals surface area contributed by atoms with Gasteiger partial charge in [0.2, 0.25) is 0 Å². The van der Waals surface area contributed by atoms with Gasteiger partial charge in [-0.2, -0.15) is 4.79 Å². The van der Waals surface area contributed by atoms with E-state index in [2.05, 4.69) is 86.9 Å². The predicted octanol–water partition coefficient (Wildman–Crippen LogP) is 5.54. The summed E-state index contributed by atoms with van der Waals surface area (Å²) in [6.45, 7) is 8.60. The van der Waals surface area contributed by atoms with E-state index >= 15 is 0 Å². The average Bonchev–Trinajstić information content (AvgIpc) is 3.34. The Morgan fingerprint density at radius 3 is 2.07 bits per heavy atom. The van der Waals surface area contributed by atoms with Gasteiger partial charge < -0.3 is 14.4 Å². The normalized spacial score (nSPS) is 17.7. The molecular formula is C16H32I3N2O4SiV+. The van der Waals surface area contributed by atoms with E-state index in [-0.39, 0.29) is 12.2 Å².